The molecule has 0 spiro atoms. The van der Waals surface area contributed by atoms with Crippen molar-refractivity contribution >= 4 is 45.0 Å². The molecule has 0 fully saturated rings. The van der Waals surface area contributed by atoms with Crippen LogP contribution in [0.25, 0.3) is 10.3 Å². The summed E-state index contributed by atoms with van der Waals surface area (Å²) >= 11 is 1.44. The molecule has 1 N–H and O–H groups in total. The lowest BCUT2D eigenvalue weighted by molar-refractivity contribution is 0.0184. The number of nitrogens with zero attached hydrogens (tertiary/aromatic N) is 6. The monoisotopic (exact) mass is 561 g/mol. The van der Waals surface area contributed by atoms with Crippen LogP contribution < -0.4 is 5.32 Å². The highest BCUT2D eigenvalue weighted by Crippen LogP contribution is 2.29. The zero-order chi connectivity index (χ0) is 28.3. The number of amides is 1. The summed E-state index contributed by atoms with van der Waals surface area (Å²) in [6.07, 6.45) is 4.60. The van der Waals surface area contributed by atoms with Gasteiger partial charge in [0.15, 0.2) is 5.82 Å². The molecule has 11 heteroatoms. The van der Waals surface area contributed by atoms with E-state index >= 15 is 0 Å². The second-order valence-electron chi connectivity index (χ2n) is 10.7. The van der Waals surface area contributed by atoms with Crippen LogP contribution in [-0.4, -0.2) is 54.8 Å². The third-order valence-electron chi connectivity index (χ3n) is 6.42. The lowest BCUT2D eigenvalue weighted by Crippen LogP contribution is -2.44. The van der Waals surface area contributed by atoms with Crippen LogP contribution in [-0.2, 0) is 24.1 Å². The van der Waals surface area contributed by atoms with E-state index in [9.17, 15) is 9.18 Å². The number of carbonyl (C=O) groups excluding carboxylic acids is 1. The number of aliphatic imine (C=N–C) groups is 1. The number of pyridine rings is 1. The molecule has 0 bridgehead atoms. The Labute approximate surface area is 236 Å². The van der Waals surface area contributed by atoms with E-state index in [1.807, 2.05) is 45.9 Å². The molecule has 1 amide bonds. The number of rotatable bonds is 9. The number of para-hydroxylation sites is 1. The molecule has 3 aromatic heterocycles. The molecule has 9 nitrogen and oxygen atoms in total. The van der Waals surface area contributed by atoms with Crippen molar-refractivity contribution in [1.82, 2.24) is 24.8 Å². The van der Waals surface area contributed by atoms with Crippen molar-refractivity contribution in [1.29, 1.82) is 0 Å². The van der Waals surface area contributed by atoms with Crippen molar-refractivity contribution < 1.29 is 13.9 Å². The van der Waals surface area contributed by atoms with Gasteiger partial charge in [0.1, 0.15) is 28.1 Å². The molecule has 5 rings (SSSR count). The summed E-state index contributed by atoms with van der Waals surface area (Å²) in [6, 6.07) is 10.9. The van der Waals surface area contributed by atoms with Gasteiger partial charge in [0, 0.05) is 43.8 Å². The van der Waals surface area contributed by atoms with E-state index in [1.54, 1.807) is 17.2 Å². The number of thiazole rings is 1. The number of hydrogen-bond donors (Lipinski definition) is 1. The van der Waals surface area contributed by atoms with Crippen molar-refractivity contribution in [3.8, 4) is 0 Å². The zero-order valence-electron chi connectivity index (χ0n) is 23.0. The Hall–Kier alpha value is -3.99. The standard InChI is InChI=1S/C29H32FN7O2S/c1-18(14-20-15-19-8-5-6-10-22(19)35-20)37(28(38)39-29(2,3)4)13-11-24-36-25-26(33-17-34-27(25)40-24)32-16-23-21(30)9-7-12-31-23/h5-10,12,17-18H,11,13-16H2,1-4H3,(H,32,33,34). The van der Waals surface area contributed by atoms with E-state index in [-0.39, 0.29) is 24.5 Å². The van der Waals surface area contributed by atoms with Crippen molar-refractivity contribution in [2.75, 3.05) is 11.9 Å². The molecule has 1 aliphatic heterocycles. The van der Waals surface area contributed by atoms with E-state index in [0.717, 1.165) is 22.8 Å². The van der Waals surface area contributed by atoms with Gasteiger partial charge < -0.3 is 15.0 Å². The Kier molecular flexibility index (Phi) is 8.02. The average molecular weight is 562 g/mol. The summed E-state index contributed by atoms with van der Waals surface area (Å²) in [5.41, 5.74) is 3.54. The Morgan fingerprint density at radius 3 is 2.77 bits per heavy atom. The fourth-order valence-corrected chi connectivity index (χ4v) is 5.44. The number of halogens is 1. The third-order valence-corrected chi connectivity index (χ3v) is 7.44. The molecule has 0 saturated heterocycles. The van der Waals surface area contributed by atoms with Crippen LogP contribution in [0.4, 0.5) is 20.7 Å². The van der Waals surface area contributed by atoms with Crippen molar-refractivity contribution in [3.05, 3.63) is 71.0 Å². The van der Waals surface area contributed by atoms with Crippen LogP contribution >= 0.6 is 11.3 Å². The lowest BCUT2D eigenvalue weighted by Gasteiger charge is -2.31. The second-order valence-corrected chi connectivity index (χ2v) is 11.8. The molecule has 40 heavy (non-hydrogen) atoms. The number of carbonyl (C=O) groups is 1. The molecule has 208 valence electrons. The third kappa shape index (κ3) is 6.59. The zero-order valence-corrected chi connectivity index (χ0v) is 23.8. The Morgan fingerprint density at radius 2 is 2.00 bits per heavy atom. The van der Waals surface area contributed by atoms with Crippen molar-refractivity contribution in [2.45, 2.75) is 65.1 Å². The Bertz CT molecular complexity index is 1550. The quantitative estimate of drug-likeness (QED) is 0.262. The first kappa shape index (κ1) is 27.6. The first-order valence-electron chi connectivity index (χ1n) is 13.2. The minimum atomic E-state index is -0.616. The van der Waals surface area contributed by atoms with E-state index in [2.05, 4.69) is 26.3 Å². The maximum Gasteiger partial charge on any atom is 0.410 e. The highest BCUT2D eigenvalue weighted by molar-refractivity contribution is 7.18. The van der Waals surface area contributed by atoms with E-state index in [4.69, 9.17) is 14.7 Å². The summed E-state index contributed by atoms with van der Waals surface area (Å²) < 4.78 is 19.8. The van der Waals surface area contributed by atoms with Gasteiger partial charge in [-0.1, -0.05) is 29.5 Å². The van der Waals surface area contributed by atoms with Gasteiger partial charge in [-0.25, -0.2) is 24.1 Å². The molecule has 1 aromatic carbocycles. The van der Waals surface area contributed by atoms with Crippen LogP contribution in [0.2, 0.25) is 0 Å². The van der Waals surface area contributed by atoms with Gasteiger partial charge in [0.2, 0.25) is 0 Å². The maximum atomic E-state index is 14.0. The number of nitrogens with one attached hydrogen (secondary N) is 1. The predicted octanol–water partition coefficient (Wildman–Crippen LogP) is 6.12. The smallest absolute Gasteiger partial charge is 0.410 e. The Morgan fingerprint density at radius 1 is 1.18 bits per heavy atom. The van der Waals surface area contributed by atoms with E-state index < -0.39 is 5.60 Å². The molecular weight excluding hydrogens is 529 g/mol. The first-order valence-corrected chi connectivity index (χ1v) is 14.1. The van der Waals surface area contributed by atoms with Crippen molar-refractivity contribution in [2.24, 2.45) is 4.99 Å². The molecule has 4 aromatic rings. The van der Waals surface area contributed by atoms with Gasteiger partial charge in [0.05, 0.1) is 22.9 Å². The molecule has 4 heterocycles. The van der Waals surface area contributed by atoms with Crippen LogP contribution in [0.1, 0.15) is 50.4 Å². The number of fused-ring (bicyclic) bond motifs is 2. The summed E-state index contributed by atoms with van der Waals surface area (Å²) in [5, 5.41) is 3.94. The topological polar surface area (TPSA) is 105 Å². The van der Waals surface area contributed by atoms with Gasteiger partial charge in [-0.15, -0.1) is 0 Å². The lowest BCUT2D eigenvalue weighted by atomic mass is 10.0. The van der Waals surface area contributed by atoms with E-state index in [1.165, 1.54) is 29.3 Å². The van der Waals surface area contributed by atoms with Crippen LogP contribution in [0, 0.1) is 5.82 Å². The number of benzene rings is 1. The minimum Gasteiger partial charge on any atom is -0.444 e. The molecule has 1 unspecified atom stereocenters. The fraction of sp³-hybridized carbons (Fsp3) is 0.379. The van der Waals surface area contributed by atoms with Gasteiger partial charge >= 0.3 is 6.09 Å². The Balaban J connectivity index is 1.29. The SMILES string of the molecule is CC(CC1=Nc2ccccc2C1)N(CCc1nc2c(NCc3ncccc3F)ncnc2s1)C(=O)OC(C)(C)C. The van der Waals surface area contributed by atoms with Gasteiger partial charge in [0.25, 0.3) is 0 Å². The number of anilines is 1. The number of hydrogen-bond acceptors (Lipinski definition) is 9. The number of aromatic nitrogens is 4. The minimum absolute atomic E-state index is 0.123. The van der Waals surface area contributed by atoms with Gasteiger partial charge in [-0.05, 0) is 51.5 Å². The molecule has 1 aliphatic rings. The molecular formula is C29H32FN7O2S. The summed E-state index contributed by atoms with van der Waals surface area (Å²) in [7, 11) is 0. The highest BCUT2D eigenvalue weighted by Gasteiger charge is 2.28. The predicted molar refractivity (Wildman–Crippen MR) is 155 cm³/mol. The fourth-order valence-electron chi connectivity index (χ4n) is 4.55. The van der Waals surface area contributed by atoms with Crippen LogP contribution in [0.5, 0.6) is 0 Å². The molecule has 0 radical (unpaired) electrons. The summed E-state index contributed by atoms with van der Waals surface area (Å²) in [4.78, 5) is 38.0. The van der Waals surface area contributed by atoms with Crippen LogP contribution in [0.15, 0.2) is 53.9 Å². The van der Waals surface area contributed by atoms with Gasteiger partial charge in [-0.3, -0.25) is 9.98 Å². The molecule has 1 atom stereocenters. The number of ether oxygens (including phenoxy) is 1. The normalized spacial score (nSPS) is 13.6. The second kappa shape index (κ2) is 11.6. The summed E-state index contributed by atoms with van der Waals surface area (Å²) in [5.74, 6) is 0.122. The largest absolute Gasteiger partial charge is 0.444 e. The van der Waals surface area contributed by atoms with Gasteiger partial charge in [-0.2, -0.15) is 0 Å². The van der Waals surface area contributed by atoms with E-state index in [0.29, 0.717) is 41.2 Å². The highest BCUT2D eigenvalue weighted by atomic mass is 32.1. The van der Waals surface area contributed by atoms with Crippen molar-refractivity contribution in [3.63, 3.8) is 0 Å². The summed E-state index contributed by atoms with van der Waals surface area (Å²) in [6.45, 7) is 8.21. The molecule has 0 aliphatic carbocycles. The van der Waals surface area contributed by atoms with Crippen LogP contribution in [0.3, 0.4) is 0 Å². The maximum absolute atomic E-state index is 14.0. The first-order chi connectivity index (χ1) is 19.2. The molecule has 0 saturated carbocycles. The average Bonchev–Trinajstić information content (AvgIpc) is 3.50.